The van der Waals surface area contributed by atoms with Gasteiger partial charge in [0.2, 0.25) is 5.88 Å². The highest BCUT2D eigenvalue weighted by atomic mass is 35.5. The van der Waals surface area contributed by atoms with E-state index >= 15 is 0 Å². The van der Waals surface area contributed by atoms with E-state index in [4.69, 9.17) is 21.4 Å². The summed E-state index contributed by atoms with van der Waals surface area (Å²) in [5.74, 6) is -1.23. The van der Waals surface area contributed by atoms with Gasteiger partial charge in [0.1, 0.15) is 5.75 Å². The van der Waals surface area contributed by atoms with Crippen molar-refractivity contribution >= 4 is 23.3 Å². The van der Waals surface area contributed by atoms with Crippen LogP contribution in [0.15, 0.2) is 30.6 Å². The van der Waals surface area contributed by atoms with Gasteiger partial charge in [-0.05, 0) is 6.07 Å². The number of rotatable bonds is 4. The lowest BCUT2D eigenvalue weighted by Gasteiger charge is -2.06. The fraction of sp³-hybridized carbons (Fsp3) is 0. The molecule has 0 radical (unpaired) electrons. The second kappa shape index (κ2) is 5.49. The van der Waals surface area contributed by atoms with Gasteiger partial charge < -0.3 is 9.84 Å². The number of carboxylic acids is 1. The molecule has 1 aromatic carbocycles. The number of aromatic carboxylic acids is 1. The Labute approximate surface area is 116 Å². The zero-order valence-electron chi connectivity index (χ0n) is 9.69. The minimum Gasteiger partial charge on any atom is -0.476 e. The van der Waals surface area contributed by atoms with Crippen LogP contribution in [0.25, 0.3) is 0 Å². The molecular formula is C11H6ClN3O5. The zero-order valence-corrected chi connectivity index (χ0v) is 10.4. The lowest BCUT2D eigenvalue weighted by atomic mass is 10.3. The van der Waals surface area contributed by atoms with Crippen LogP contribution in [0.2, 0.25) is 5.02 Å². The number of benzene rings is 1. The minimum atomic E-state index is -1.25. The summed E-state index contributed by atoms with van der Waals surface area (Å²) in [5, 5.41) is 19.3. The Morgan fingerprint density at radius 3 is 2.75 bits per heavy atom. The van der Waals surface area contributed by atoms with E-state index in [1.807, 2.05) is 0 Å². The molecule has 1 heterocycles. The standard InChI is InChI=1S/C11H6ClN3O5/c12-7-3-6(15(18)19)1-2-9(7)20-10-5-13-4-8(14-10)11(16)17/h1-5H,(H,16,17). The van der Waals surface area contributed by atoms with Crippen LogP contribution in [0.5, 0.6) is 11.6 Å². The van der Waals surface area contributed by atoms with Crippen LogP contribution in [-0.4, -0.2) is 26.0 Å². The molecule has 8 nitrogen and oxygen atoms in total. The van der Waals surface area contributed by atoms with Gasteiger partial charge in [-0.25, -0.2) is 9.78 Å². The number of nitro benzene ring substituents is 1. The number of nitro groups is 1. The Balaban J connectivity index is 2.28. The van der Waals surface area contributed by atoms with Crippen LogP contribution in [0.1, 0.15) is 10.5 Å². The molecule has 102 valence electrons. The van der Waals surface area contributed by atoms with Gasteiger partial charge >= 0.3 is 5.97 Å². The first kappa shape index (κ1) is 13.7. The average Bonchev–Trinajstić information content (AvgIpc) is 2.41. The summed E-state index contributed by atoms with van der Waals surface area (Å²) in [4.78, 5) is 28.0. The SMILES string of the molecule is O=C(O)c1cncc(Oc2ccc([N+](=O)[O-])cc2Cl)n1. The van der Waals surface area contributed by atoms with Crippen molar-refractivity contribution < 1.29 is 19.6 Å². The van der Waals surface area contributed by atoms with E-state index in [2.05, 4.69) is 9.97 Å². The van der Waals surface area contributed by atoms with Crippen molar-refractivity contribution in [3.63, 3.8) is 0 Å². The maximum atomic E-state index is 10.7. The van der Waals surface area contributed by atoms with Gasteiger partial charge in [-0.3, -0.25) is 15.1 Å². The molecule has 0 saturated heterocycles. The van der Waals surface area contributed by atoms with Crippen molar-refractivity contribution in [3.05, 3.63) is 51.4 Å². The summed E-state index contributed by atoms with van der Waals surface area (Å²) in [6, 6.07) is 3.61. The Morgan fingerprint density at radius 1 is 1.40 bits per heavy atom. The number of non-ortho nitro benzene ring substituents is 1. The van der Waals surface area contributed by atoms with Crippen molar-refractivity contribution in [1.29, 1.82) is 0 Å². The third-order valence-corrected chi connectivity index (χ3v) is 2.47. The second-order valence-corrected chi connectivity index (χ2v) is 3.93. The molecule has 0 saturated carbocycles. The highest BCUT2D eigenvalue weighted by molar-refractivity contribution is 6.32. The molecule has 0 fully saturated rings. The Hall–Kier alpha value is -2.74. The quantitative estimate of drug-likeness (QED) is 0.680. The first-order valence-corrected chi connectivity index (χ1v) is 5.52. The molecule has 9 heteroatoms. The van der Waals surface area contributed by atoms with E-state index in [1.165, 1.54) is 18.3 Å². The molecule has 0 aliphatic rings. The van der Waals surface area contributed by atoms with Crippen LogP contribution in [-0.2, 0) is 0 Å². The largest absolute Gasteiger partial charge is 0.476 e. The summed E-state index contributed by atoms with van der Waals surface area (Å²) in [7, 11) is 0. The zero-order chi connectivity index (χ0) is 14.7. The first-order valence-electron chi connectivity index (χ1n) is 5.14. The number of hydrogen-bond donors (Lipinski definition) is 1. The van der Waals surface area contributed by atoms with Crippen molar-refractivity contribution in [3.8, 4) is 11.6 Å². The van der Waals surface area contributed by atoms with Crippen molar-refractivity contribution in [2.24, 2.45) is 0 Å². The van der Waals surface area contributed by atoms with Crippen LogP contribution >= 0.6 is 11.6 Å². The molecule has 2 aromatic rings. The van der Waals surface area contributed by atoms with Crippen molar-refractivity contribution in [1.82, 2.24) is 9.97 Å². The van der Waals surface area contributed by atoms with E-state index in [0.717, 1.165) is 12.3 Å². The fourth-order valence-corrected chi connectivity index (χ4v) is 1.51. The van der Waals surface area contributed by atoms with Gasteiger partial charge in [0, 0.05) is 12.1 Å². The van der Waals surface area contributed by atoms with Crippen molar-refractivity contribution in [2.75, 3.05) is 0 Å². The molecule has 0 aliphatic heterocycles. The predicted molar refractivity (Wildman–Crippen MR) is 67.2 cm³/mol. The van der Waals surface area contributed by atoms with Crippen molar-refractivity contribution in [2.45, 2.75) is 0 Å². The third-order valence-electron chi connectivity index (χ3n) is 2.17. The van der Waals surface area contributed by atoms with Gasteiger partial charge in [-0.1, -0.05) is 11.6 Å². The van der Waals surface area contributed by atoms with Gasteiger partial charge in [0.15, 0.2) is 5.69 Å². The molecule has 0 aliphatic carbocycles. The Kier molecular flexibility index (Phi) is 3.76. The lowest BCUT2D eigenvalue weighted by molar-refractivity contribution is -0.384. The molecule has 1 N–H and O–H groups in total. The second-order valence-electron chi connectivity index (χ2n) is 3.52. The number of nitrogens with zero attached hydrogens (tertiary/aromatic N) is 3. The van der Waals surface area contributed by atoms with E-state index in [-0.39, 0.29) is 28.0 Å². The molecule has 2 rings (SSSR count). The number of halogens is 1. The molecule has 0 atom stereocenters. The molecule has 0 unspecified atom stereocenters. The third kappa shape index (κ3) is 2.98. The summed E-state index contributed by atoms with van der Waals surface area (Å²) in [5.41, 5.74) is -0.478. The highest BCUT2D eigenvalue weighted by Gasteiger charge is 2.13. The lowest BCUT2D eigenvalue weighted by Crippen LogP contribution is -2.02. The Bertz CT molecular complexity index is 692. The number of hydrogen-bond acceptors (Lipinski definition) is 6. The molecule has 1 aromatic heterocycles. The summed E-state index contributed by atoms with van der Waals surface area (Å²) in [6.07, 6.45) is 2.26. The van der Waals surface area contributed by atoms with Crippen LogP contribution < -0.4 is 4.74 Å². The molecular weight excluding hydrogens is 290 g/mol. The Morgan fingerprint density at radius 2 is 2.15 bits per heavy atom. The summed E-state index contributed by atoms with van der Waals surface area (Å²) in [6.45, 7) is 0. The van der Waals surface area contributed by atoms with Gasteiger partial charge in [0.05, 0.1) is 22.3 Å². The maximum Gasteiger partial charge on any atom is 0.356 e. The van der Waals surface area contributed by atoms with Gasteiger partial charge in [-0.2, -0.15) is 0 Å². The van der Waals surface area contributed by atoms with Crippen LogP contribution in [0, 0.1) is 10.1 Å². The first-order chi connectivity index (χ1) is 9.47. The number of carboxylic acid groups (broad SMARTS) is 1. The molecule has 0 bridgehead atoms. The summed E-state index contributed by atoms with van der Waals surface area (Å²) < 4.78 is 5.24. The van der Waals surface area contributed by atoms with Crippen LogP contribution in [0.3, 0.4) is 0 Å². The minimum absolute atomic E-state index is 0.00160. The monoisotopic (exact) mass is 295 g/mol. The number of ether oxygens (including phenoxy) is 1. The molecule has 0 spiro atoms. The van der Waals surface area contributed by atoms with E-state index in [9.17, 15) is 14.9 Å². The topological polar surface area (TPSA) is 115 Å². The molecule has 0 amide bonds. The number of carbonyl (C=O) groups is 1. The average molecular weight is 296 g/mol. The van der Waals surface area contributed by atoms with E-state index in [0.29, 0.717) is 0 Å². The van der Waals surface area contributed by atoms with Crippen LogP contribution in [0.4, 0.5) is 5.69 Å². The highest BCUT2D eigenvalue weighted by Crippen LogP contribution is 2.31. The summed E-state index contributed by atoms with van der Waals surface area (Å²) >= 11 is 5.83. The normalized spacial score (nSPS) is 10.1. The fourth-order valence-electron chi connectivity index (χ4n) is 1.30. The number of aromatic nitrogens is 2. The van der Waals surface area contributed by atoms with E-state index < -0.39 is 10.9 Å². The molecule has 20 heavy (non-hydrogen) atoms. The van der Waals surface area contributed by atoms with E-state index in [1.54, 1.807) is 0 Å². The van der Waals surface area contributed by atoms with Gasteiger partial charge in [0.25, 0.3) is 5.69 Å². The smallest absolute Gasteiger partial charge is 0.356 e. The van der Waals surface area contributed by atoms with Gasteiger partial charge in [-0.15, -0.1) is 0 Å². The maximum absolute atomic E-state index is 10.7. The predicted octanol–water partition coefficient (Wildman–Crippen LogP) is 2.53.